The number of terminal acetylenes is 1. The highest BCUT2D eigenvalue weighted by Crippen LogP contribution is 2.23. The van der Waals surface area contributed by atoms with Gasteiger partial charge in [0.2, 0.25) is 9.84 Å². The van der Waals surface area contributed by atoms with Crippen LogP contribution in [0.15, 0.2) is 0 Å². The second-order valence-electron chi connectivity index (χ2n) is 6.07. The largest absolute Gasteiger partial charge is 0.294 e. The summed E-state index contributed by atoms with van der Waals surface area (Å²) in [4.78, 5) is 0. The summed E-state index contributed by atoms with van der Waals surface area (Å²) in [6.07, 6.45) is 4.93. The Morgan fingerprint density at radius 2 is 1.35 bits per heavy atom. The lowest BCUT2D eigenvalue weighted by Crippen LogP contribution is -2.13. The Balaban J connectivity index is 1.93. The van der Waals surface area contributed by atoms with Crippen LogP contribution >= 0.6 is 11.6 Å². The van der Waals surface area contributed by atoms with Gasteiger partial charge in [-0.15, -0.1) is 16.6 Å². The van der Waals surface area contributed by atoms with Crippen molar-refractivity contribution < 1.29 is 8.42 Å². The summed E-state index contributed by atoms with van der Waals surface area (Å²) in [5.41, 5.74) is 1.14. The molecule has 0 saturated carbocycles. The Bertz CT molecular complexity index is 1790. The van der Waals surface area contributed by atoms with Crippen LogP contribution in [0.2, 0.25) is 5.02 Å². The molecule has 0 aliphatic carbocycles. The summed E-state index contributed by atoms with van der Waals surface area (Å²) >= 11 is 6.12. The zero-order valence-electron chi connectivity index (χ0n) is 17.8. The van der Waals surface area contributed by atoms with Gasteiger partial charge >= 0.3 is 0 Å². The Kier molecular flexibility index (Phi) is 9.44. The van der Waals surface area contributed by atoms with E-state index in [1.165, 1.54) is 0 Å². The van der Waals surface area contributed by atoms with Gasteiger partial charge in [-0.05, 0) is 89.8 Å². The number of rotatable bonds is 3. The van der Waals surface area contributed by atoms with E-state index in [0.717, 1.165) is 0 Å². The molecule has 8 heteroatoms. The van der Waals surface area contributed by atoms with E-state index in [1.807, 2.05) is 0 Å². The van der Waals surface area contributed by atoms with Crippen LogP contribution in [0.3, 0.4) is 0 Å². The van der Waals surface area contributed by atoms with Crippen molar-refractivity contribution >= 4 is 27.1 Å². The molecular weight excluding hydrogens is 468 g/mol. The lowest BCUT2D eigenvalue weighted by atomic mass is 10.2. The van der Waals surface area contributed by atoms with Gasteiger partial charge in [0.05, 0.1) is 11.4 Å². The summed E-state index contributed by atoms with van der Waals surface area (Å²) in [7, 11) is -3.72. The predicted molar refractivity (Wildman–Crippen MR) is 130 cm³/mol. The van der Waals surface area contributed by atoms with Crippen LogP contribution in [0, 0.1) is 113 Å². The summed E-state index contributed by atoms with van der Waals surface area (Å²) in [5, 5.41) is 13.6. The first-order chi connectivity index (χ1) is 16.4. The highest BCUT2D eigenvalue weighted by Gasteiger charge is 2.22. The molecule has 160 valence electrons. The molecular formula is C26H11ClN4O2S. The number of fused-ring (bicyclic) bond motifs is 1. The van der Waals surface area contributed by atoms with E-state index >= 15 is 0 Å². The first-order valence-corrected chi connectivity index (χ1v) is 11.2. The molecule has 0 fully saturated rings. The number of aromatic nitrogens is 4. The second-order valence-corrected chi connectivity index (χ2v) is 8.22. The highest BCUT2D eigenvalue weighted by molar-refractivity contribution is 7.96. The monoisotopic (exact) mass is 478 g/mol. The Hall–Kier alpha value is -5.04. The van der Waals surface area contributed by atoms with Crippen molar-refractivity contribution in [3.05, 3.63) is 16.5 Å². The first kappa shape index (κ1) is 25.2. The number of sulfone groups is 1. The average molecular weight is 479 g/mol. The molecule has 1 unspecified atom stereocenters. The SMILES string of the molecule is C#CC#CC#CC#CC#CC#CC#CC#CC#CS(=O)(=O)CC(C)c1nnc2c(Cl)c(C)[nH]n12. The molecule has 0 amide bonds. The first-order valence-electron chi connectivity index (χ1n) is 9.15. The molecule has 6 nitrogen and oxygen atoms in total. The van der Waals surface area contributed by atoms with Crippen molar-refractivity contribution in [3.8, 4) is 106 Å². The molecule has 0 radical (unpaired) electrons. The number of nitrogens with zero attached hydrogens (tertiary/aromatic N) is 3. The van der Waals surface area contributed by atoms with E-state index in [9.17, 15) is 8.42 Å². The molecule has 0 bridgehead atoms. The van der Waals surface area contributed by atoms with E-state index < -0.39 is 15.8 Å². The van der Waals surface area contributed by atoms with E-state index in [4.69, 9.17) is 18.0 Å². The number of nitrogens with one attached hydrogen (secondary N) is 1. The van der Waals surface area contributed by atoms with Gasteiger partial charge < -0.3 is 0 Å². The Morgan fingerprint density at radius 3 is 1.85 bits per heavy atom. The third-order valence-electron chi connectivity index (χ3n) is 3.56. The number of aromatic amines is 1. The van der Waals surface area contributed by atoms with Gasteiger partial charge in [-0.25, -0.2) is 12.9 Å². The highest BCUT2D eigenvalue weighted by atomic mass is 35.5. The van der Waals surface area contributed by atoms with Crippen LogP contribution in [-0.4, -0.2) is 34.0 Å². The van der Waals surface area contributed by atoms with Crippen LogP contribution in [-0.2, 0) is 9.84 Å². The van der Waals surface area contributed by atoms with E-state index in [-0.39, 0.29) is 5.75 Å². The number of H-pyrrole nitrogens is 1. The molecule has 0 aliphatic heterocycles. The van der Waals surface area contributed by atoms with Crippen molar-refractivity contribution in [2.75, 3.05) is 5.75 Å². The van der Waals surface area contributed by atoms with Gasteiger partial charge in [0.15, 0.2) is 11.5 Å². The summed E-state index contributed by atoms with van der Waals surface area (Å²) in [6, 6.07) is 0. The van der Waals surface area contributed by atoms with E-state index in [0.29, 0.717) is 22.2 Å². The van der Waals surface area contributed by atoms with E-state index in [2.05, 4.69) is 115 Å². The fourth-order valence-corrected chi connectivity index (χ4v) is 3.50. The Morgan fingerprint density at radius 1 is 0.882 bits per heavy atom. The minimum Gasteiger partial charge on any atom is -0.294 e. The standard InChI is InChI=1S/C26H11ClN4O2S/c1-4-5-6-7-8-9-10-11-12-13-14-15-16-17-18-19-20-34(32,33)21-22(2)25-28-29-26-24(27)23(3)30-31(25)26/h1,22,30H,21H2,2-3H3. The van der Waals surface area contributed by atoms with Gasteiger partial charge in [-0.2, -0.15) is 0 Å². The summed E-state index contributed by atoms with van der Waals surface area (Å²) in [6.45, 7) is 3.48. The molecule has 2 aromatic heterocycles. The number of hydrogen-bond acceptors (Lipinski definition) is 4. The molecule has 2 rings (SSSR count). The van der Waals surface area contributed by atoms with Crippen LogP contribution in [0.4, 0.5) is 0 Å². The molecule has 2 heterocycles. The number of halogens is 1. The topological polar surface area (TPSA) is 80.1 Å². The average Bonchev–Trinajstić information content (AvgIpc) is 3.32. The zero-order chi connectivity index (χ0) is 24.8. The van der Waals surface area contributed by atoms with Gasteiger partial charge in [0.1, 0.15) is 5.02 Å². The maximum atomic E-state index is 12.2. The van der Waals surface area contributed by atoms with Crippen molar-refractivity contribution in [1.82, 2.24) is 19.8 Å². The van der Waals surface area contributed by atoms with Crippen LogP contribution < -0.4 is 0 Å². The third-order valence-corrected chi connectivity index (χ3v) is 5.36. The maximum Gasteiger partial charge on any atom is 0.218 e. The normalized spacial score (nSPS) is 9.12. The number of aryl methyl sites for hydroxylation is 1. The lowest BCUT2D eigenvalue weighted by Gasteiger charge is -2.06. The predicted octanol–water partition coefficient (Wildman–Crippen LogP) is 1.16. The smallest absolute Gasteiger partial charge is 0.218 e. The van der Waals surface area contributed by atoms with Crippen molar-refractivity contribution in [2.24, 2.45) is 0 Å². The van der Waals surface area contributed by atoms with Crippen LogP contribution in [0.25, 0.3) is 5.65 Å². The fourth-order valence-electron chi connectivity index (χ4n) is 2.24. The summed E-state index contributed by atoms with van der Waals surface area (Å²) < 4.78 is 26.1. The summed E-state index contributed by atoms with van der Waals surface area (Å²) in [5.74, 6) is 38.0. The maximum absolute atomic E-state index is 12.2. The van der Waals surface area contributed by atoms with Crippen molar-refractivity contribution in [3.63, 3.8) is 0 Å². The van der Waals surface area contributed by atoms with Gasteiger partial charge in [0.25, 0.3) is 0 Å². The molecule has 2 aromatic rings. The molecule has 0 spiro atoms. The quantitative estimate of drug-likeness (QED) is 0.530. The van der Waals surface area contributed by atoms with Gasteiger partial charge in [-0.1, -0.05) is 18.5 Å². The molecule has 0 saturated heterocycles. The third kappa shape index (κ3) is 7.90. The lowest BCUT2D eigenvalue weighted by molar-refractivity contribution is 0.596. The van der Waals surface area contributed by atoms with Gasteiger partial charge in [0, 0.05) is 23.0 Å². The van der Waals surface area contributed by atoms with Crippen LogP contribution in [0.5, 0.6) is 0 Å². The van der Waals surface area contributed by atoms with E-state index in [1.54, 1.807) is 18.4 Å². The van der Waals surface area contributed by atoms with Crippen LogP contribution in [0.1, 0.15) is 24.4 Å². The molecule has 0 aromatic carbocycles. The van der Waals surface area contributed by atoms with Crippen molar-refractivity contribution in [1.29, 1.82) is 0 Å². The molecule has 1 N–H and O–H groups in total. The van der Waals surface area contributed by atoms with Crippen molar-refractivity contribution in [2.45, 2.75) is 19.8 Å². The number of hydrogen-bond donors (Lipinski definition) is 1. The minimum absolute atomic E-state index is 0.263. The molecule has 1 atom stereocenters. The zero-order valence-corrected chi connectivity index (χ0v) is 19.4. The fraction of sp³-hybridized carbons (Fsp3) is 0.154. The second kappa shape index (κ2) is 12.7. The minimum atomic E-state index is -3.72. The Labute approximate surface area is 203 Å². The molecule has 34 heavy (non-hydrogen) atoms. The van der Waals surface area contributed by atoms with Gasteiger partial charge in [-0.3, -0.25) is 5.10 Å². The molecule has 0 aliphatic rings.